The summed E-state index contributed by atoms with van der Waals surface area (Å²) in [4.78, 5) is 2.29. The number of anilines is 1. The molecule has 1 nitrogen and oxygen atoms in total. The first kappa shape index (κ1) is 14.1. The highest BCUT2D eigenvalue weighted by Crippen LogP contribution is 2.21. The van der Waals surface area contributed by atoms with Gasteiger partial charge < -0.3 is 4.90 Å². The molecule has 0 fully saturated rings. The van der Waals surface area contributed by atoms with E-state index in [9.17, 15) is 0 Å². The number of hydrogen-bond donors (Lipinski definition) is 0. The van der Waals surface area contributed by atoms with Gasteiger partial charge in [-0.1, -0.05) is 30.3 Å². The summed E-state index contributed by atoms with van der Waals surface area (Å²) in [6.07, 6.45) is 0. The number of alkyl halides is 1. The zero-order valence-electron chi connectivity index (χ0n) is 9.90. The van der Waals surface area contributed by atoms with Gasteiger partial charge in [0.05, 0.1) is 0 Å². The lowest BCUT2D eigenvalue weighted by Gasteiger charge is -2.22. The van der Waals surface area contributed by atoms with Crippen LogP contribution >= 0.6 is 24.0 Å². The fourth-order valence-corrected chi connectivity index (χ4v) is 2.15. The molecule has 0 bridgehead atoms. The lowest BCUT2D eigenvalue weighted by molar-refractivity contribution is 0.871. The lowest BCUT2D eigenvalue weighted by atomic mass is 10.1. The maximum absolute atomic E-state index is 5.80. The first-order valence-corrected chi connectivity index (χ1v) is 6.18. The third-order valence-electron chi connectivity index (χ3n) is 2.83. The van der Waals surface area contributed by atoms with Crippen LogP contribution in [-0.4, -0.2) is 19.0 Å². The van der Waals surface area contributed by atoms with E-state index in [1.165, 1.54) is 16.5 Å². The molecule has 0 amide bonds. The number of hydrogen-bond acceptors (Lipinski definition) is 1. The molecule has 0 aliphatic heterocycles. The molecule has 0 saturated carbocycles. The van der Waals surface area contributed by atoms with Crippen LogP contribution in [0.3, 0.4) is 0 Å². The zero-order chi connectivity index (χ0) is 11.4. The average molecular weight is 270 g/mol. The molecule has 0 heterocycles. The van der Waals surface area contributed by atoms with Gasteiger partial charge >= 0.3 is 0 Å². The van der Waals surface area contributed by atoms with Crippen LogP contribution in [-0.2, 0) is 0 Å². The predicted molar refractivity (Wildman–Crippen MR) is 79.8 cm³/mol. The fourth-order valence-electron chi connectivity index (χ4n) is 1.95. The van der Waals surface area contributed by atoms with E-state index >= 15 is 0 Å². The molecule has 0 aromatic heterocycles. The van der Waals surface area contributed by atoms with Crippen LogP contribution in [0.1, 0.15) is 6.92 Å². The highest BCUT2D eigenvalue weighted by atomic mass is 35.5. The minimum Gasteiger partial charge on any atom is -0.371 e. The summed E-state index contributed by atoms with van der Waals surface area (Å²) in [6.45, 7) is 4.04. The largest absolute Gasteiger partial charge is 0.371 e. The summed E-state index contributed by atoms with van der Waals surface area (Å²) < 4.78 is 0. The second-order valence-corrected chi connectivity index (χ2v) is 4.18. The van der Waals surface area contributed by atoms with Gasteiger partial charge in [-0.15, -0.1) is 24.0 Å². The van der Waals surface area contributed by atoms with Gasteiger partial charge in [-0.2, -0.15) is 0 Å². The monoisotopic (exact) mass is 269 g/mol. The predicted octanol–water partition coefficient (Wildman–Crippen LogP) is 4.33. The highest BCUT2D eigenvalue weighted by molar-refractivity contribution is 6.18. The van der Waals surface area contributed by atoms with Gasteiger partial charge in [0.2, 0.25) is 0 Å². The Labute approximate surface area is 114 Å². The van der Waals surface area contributed by atoms with E-state index in [-0.39, 0.29) is 12.4 Å². The maximum atomic E-state index is 5.80. The van der Waals surface area contributed by atoms with Crippen LogP contribution in [0.25, 0.3) is 10.8 Å². The second-order valence-electron chi connectivity index (χ2n) is 3.80. The Morgan fingerprint density at radius 3 is 2.41 bits per heavy atom. The standard InChI is InChI=1S/C14H16ClN.ClH/c1-2-16(10-9-15)14-8-7-12-5-3-4-6-13(12)11-14;/h3-8,11H,2,9-10H2,1H3;1H. The Balaban J connectivity index is 0.00000144. The van der Waals surface area contributed by atoms with Crippen LogP contribution in [0.5, 0.6) is 0 Å². The normalized spacial score (nSPS) is 10.0. The van der Waals surface area contributed by atoms with Crippen molar-refractivity contribution >= 4 is 40.5 Å². The average Bonchev–Trinajstić information content (AvgIpc) is 2.35. The molecule has 3 heteroatoms. The van der Waals surface area contributed by atoms with E-state index in [0.717, 1.165) is 13.1 Å². The van der Waals surface area contributed by atoms with Crippen molar-refractivity contribution in [1.82, 2.24) is 0 Å². The van der Waals surface area contributed by atoms with Crippen molar-refractivity contribution in [3.63, 3.8) is 0 Å². The number of halogens is 2. The minimum absolute atomic E-state index is 0. The molecule has 0 saturated heterocycles. The quantitative estimate of drug-likeness (QED) is 0.747. The number of nitrogens with zero attached hydrogens (tertiary/aromatic N) is 1. The smallest absolute Gasteiger partial charge is 0.0399 e. The molecule has 0 atom stereocenters. The Bertz CT molecular complexity index is 470. The van der Waals surface area contributed by atoms with E-state index < -0.39 is 0 Å². The molecule has 0 radical (unpaired) electrons. The Morgan fingerprint density at radius 1 is 1.06 bits per heavy atom. The Morgan fingerprint density at radius 2 is 1.76 bits per heavy atom. The van der Waals surface area contributed by atoms with Crippen molar-refractivity contribution in [2.75, 3.05) is 23.9 Å². The van der Waals surface area contributed by atoms with Crippen LogP contribution in [0.15, 0.2) is 42.5 Å². The molecule has 0 aliphatic carbocycles. The van der Waals surface area contributed by atoms with E-state index in [0.29, 0.717) is 5.88 Å². The lowest BCUT2D eigenvalue weighted by Crippen LogP contribution is -2.24. The second kappa shape index (κ2) is 6.73. The molecule has 92 valence electrons. The van der Waals surface area contributed by atoms with Crippen LogP contribution in [0.4, 0.5) is 5.69 Å². The number of fused-ring (bicyclic) bond motifs is 1. The number of benzene rings is 2. The maximum Gasteiger partial charge on any atom is 0.0399 e. The fraction of sp³-hybridized carbons (Fsp3) is 0.286. The topological polar surface area (TPSA) is 3.24 Å². The van der Waals surface area contributed by atoms with Gasteiger partial charge in [-0.05, 0) is 29.8 Å². The van der Waals surface area contributed by atoms with Gasteiger partial charge in [0.1, 0.15) is 0 Å². The van der Waals surface area contributed by atoms with E-state index in [2.05, 4.69) is 54.3 Å². The minimum atomic E-state index is 0. The Hall–Kier alpha value is -0.920. The molecular formula is C14H17Cl2N. The first-order valence-electron chi connectivity index (χ1n) is 5.65. The SMILES string of the molecule is CCN(CCCl)c1ccc2ccccc2c1.Cl. The molecule has 2 aromatic rings. The summed E-state index contributed by atoms with van der Waals surface area (Å²) in [6, 6.07) is 15.0. The van der Waals surface area contributed by atoms with E-state index in [4.69, 9.17) is 11.6 Å². The van der Waals surface area contributed by atoms with E-state index in [1.54, 1.807) is 0 Å². The van der Waals surface area contributed by atoms with Crippen molar-refractivity contribution < 1.29 is 0 Å². The third kappa shape index (κ3) is 3.27. The van der Waals surface area contributed by atoms with Crippen LogP contribution in [0.2, 0.25) is 0 Å². The van der Waals surface area contributed by atoms with Gasteiger partial charge in [0, 0.05) is 24.7 Å². The molecule has 17 heavy (non-hydrogen) atoms. The number of rotatable bonds is 4. The van der Waals surface area contributed by atoms with Gasteiger partial charge in [0.25, 0.3) is 0 Å². The van der Waals surface area contributed by atoms with Crippen molar-refractivity contribution in [1.29, 1.82) is 0 Å². The van der Waals surface area contributed by atoms with Crippen LogP contribution < -0.4 is 4.90 Å². The van der Waals surface area contributed by atoms with Gasteiger partial charge in [-0.3, -0.25) is 0 Å². The van der Waals surface area contributed by atoms with Crippen molar-refractivity contribution in [2.24, 2.45) is 0 Å². The first-order chi connectivity index (χ1) is 7.85. The molecule has 2 aromatic carbocycles. The summed E-state index contributed by atoms with van der Waals surface area (Å²) >= 11 is 5.80. The van der Waals surface area contributed by atoms with Crippen molar-refractivity contribution in [3.8, 4) is 0 Å². The van der Waals surface area contributed by atoms with E-state index in [1.807, 2.05) is 0 Å². The zero-order valence-corrected chi connectivity index (χ0v) is 11.5. The summed E-state index contributed by atoms with van der Waals surface area (Å²) in [5.41, 5.74) is 1.25. The van der Waals surface area contributed by atoms with Gasteiger partial charge in [0.15, 0.2) is 0 Å². The molecule has 0 unspecified atom stereocenters. The summed E-state index contributed by atoms with van der Waals surface area (Å²) in [7, 11) is 0. The van der Waals surface area contributed by atoms with Gasteiger partial charge in [-0.25, -0.2) is 0 Å². The molecule has 2 rings (SSSR count). The molecule has 0 aliphatic rings. The van der Waals surface area contributed by atoms with Crippen molar-refractivity contribution in [2.45, 2.75) is 6.92 Å². The highest BCUT2D eigenvalue weighted by Gasteiger charge is 2.03. The molecule has 0 spiro atoms. The Kier molecular flexibility index (Phi) is 5.60. The summed E-state index contributed by atoms with van der Waals surface area (Å²) in [5, 5.41) is 2.57. The van der Waals surface area contributed by atoms with Crippen LogP contribution in [0, 0.1) is 0 Å². The molecule has 0 N–H and O–H groups in total. The summed E-state index contributed by atoms with van der Waals surface area (Å²) in [5.74, 6) is 0.667. The van der Waals surface area contributed by atoms with Crippen molar-refractivity contribution in [3.05, 3.63) is 42.5 Å². The molecular weight excluding hydrogens is 253 g/mol. The third-order valence-corrected chi connectivity index (χ3v) is 3.00.